The summed E-state index contributed by atoms with van der Waals surface area (Å²) in [6.07, 6.45) is 3.64. The van der Waals surface area contributed by atoms with E-state index in [1.54, 1.807) is 42.1 Å². The summed E-state index contributed by atoms with van der Waals surface area (Å²) in [5.74, 6) is -0.758. The van der Waals surface area contributed by atoms with Gasteiger partial charge in [0.1, 0.15) is 12.1 Å². The van der Waals surface area contributed by atoms with Gasteiger partial charge in [-0.05, 0) is 44.0 Å². The van der Waals surface area contributed by atoms with Gasteiger partial charge in [-0.1, -0.05) is 30.3 Å². The molecule has 4 aromatic rings. The highest BCUT2D eigenvalue weighted by Gasteiger charge is 2.30. The predicted octanol–water partition coefficient (Wildman–Crippen LogP) is 3.28. The Bertz CT molecular complexity index is 1440. The summed E-state index contributed by atoms with van der Waals surface area (Å²) >= 11 is 0. The number of nitrogens with one attached hydrogen (secondary N) is 1. The molecule has 0 spiro atoms. The third-order valence-corrected chi connectivity index (χ3v) is 5.67. The number of nitrogens with zero attached hydrogens (tertiary/aromatic N) is 4. The summed E-state index contributed by atoms with van der Waals surface area (Å²) in [5.41, 5.74) is 2.07. The SMILES string of the molecule is CCOC(=O)c1ccccc1NC(=O)Cn1nc(C2CC2)c2cnn(-c3ccccc3)c2c1=O. The molecule has 0 unspecified atom stereocenters. The maximum atomic E-state index is 13.4. The number of aromatic nitrogens is 4. The first-order valence-corrected chi connectivity index (χ1v) is 11.2. The Balaban J connectivity index is 1.50. The number of hydrogen-bond acceptors (Lipinski definition) is 6. The second kappa shape index (κ2) is 8.93. The average Bonchev–Trinajstić information content (AvgIpc) is 3.59. The highest BCUT2D eigenvalue weighted by Crippen LogP contribution is 2.41. The molecule has 34 heavy (non-hydrogen) atoms. The molecule has 2 aromatic carbocycles. The maximum Gasteiger partial charge on any atom is 0.340 e. The minimum absolute atomic E-state index is 0.222. The standard InChI is InChI=1S/C25H23N5O4/c1-2-34-25(33)18-10-6-7-11-20(18)27-21(31)15-29-24(32)23-19(22(28-29)16-12-13-16)14-26-30(23)17-8-4-3-5-9-17/h3-11,14,16H,2,12-13,15H2,1H3,(H,27,31). The van der Waals surface area contributed by atoms with Gasteiger partial charge in [-0.2, -0.15) is 10.2 Å². The van der Waals surface area contributed by atoms with Gasteiger partial charge in [0, 0.05) is 11.3 Å². The number of ether oxygens (including phenoxy) is 1. The van der Waals surface area contributed by atoms with Gasteiger partial charge in [-0.25, -0.2) is 14.2 Å². The van der Waals surface area contributed by atoms with Crippen LogP contribution in [0.5, 0.6) is 0 Å². The summed E-state index contributed by atoms with van der Waals surface area (Å²) in [4.78, 5) is 38.5. The van der Waals surface area contributed by atoms with Crippen LogP contribution in [0, 0.1) is 0 Å². The van der Waals surface area contributed by atoms with Gasteiger partial charge in [-0.15, -0.1) is 0 Å². The fraction of sp³-hybridized carbons (Fsp3) is 0.240. The second-order valence-corrected chi connectivity index (χ2v) is 8.09. The number of esters is 1. The van der Waals surface area contributed by atoms with E-state index in [9.17, 15) is 14.4 Å². The Hall–Kier alpha value is -4.27. The van der Waals surface area contributed by atoms with Gasteiger partial charge >= 0.3 is 5.97 Å². The quantitative estimate of drug-likeness (QED) is 0.427. The lowest BCUT2D eigenvalue weighted by molar-refractivity contribution is -0.117. The number of hydrogen-bond donors (Lipinski definition) is 1. The fourth-order valence-corrected chi connectivity index (χ4v) is 3.93. The Kier molecular flexibility index (Phi) is 5.67. The van der Waals surface area contributed by atoms with E-state index in [4.69, 9.17) is 4.74 Å². The number of fused-ring (bicyclic) bond motifs is 1. The molecule has 0 atom stereocenters. The smallest absolute Gasteiger partial charge is 0.340 e. The summed E-state index contributed by atoms with van der Waals surface area (Å²) in [5, 5.41) is 12.4. The van der Waals surface area contributed by atoms with Gasteiger partial charge in [0.05, 0.1) is 35.4 Å². The lowest BCUT2D eigenvalue weighted by Crippen LogP contribution is -2.31. The molecule has 9 heteroatoms. The predicted molar refractivity (Wildman–Crippen MR) is 126 cm³/mol. The summed E-state index contributed by atoms with van der Waals surface area (Å²) in [7, 11) is 0. The highest BCUT2D eigenvalue weighted by molar-refractivity contribution is 6.01. The molecule has 1 fully saturated rings. The zero-order valence-corrected chi connectivity index (χ0v) is 18.6. The molecular formula is C25H23N5O4. The topological polar surface area (TPSA) is 108 Å². The van der Waals surface area contributed by atoms with E-state index < -0.39 is 17.4 Å². The van der Waals surface area contributed by atoms with Crippen molar-refractivity contribution >= 4 is 28.5 Å². The monoisotopic (exact) mass is 457 g/mol. The van der Waals surface area contributed by atoms with Crippen LogP contribution in [-0.2, 0) is 16.1 Å². The van der Waals surface area contributed by atoms with E-state index in [1.807, 2.05) is 30.3 Å². The molecule has 2 aromatic heterocycles. The zero-order chi connectivity index (χ0) is 23.7. The molecule has 2 heterocycles. The van der Waals surface area contributed by atoms with Crippen molar-refractivity contribution in [1.29, 1.82) is 0 Å². The number of carbonyl (C=O) groups excluding carboxylic acids is 2. The molecule has 0 radical (unpaired) electrons. The molecule has 1 N–H and O–H groups in total. The fourth-order valence-electron chi connectivity index (χ4n) is 3.93. The van der Waals surface area contributed by atoms with Gasteiger partial charge in [0.15, 0.2) is 0 Å². The van der Waals surface area contributed by atoms with Crippen molar-refractivity contribution in [2.75, 3.05) is 11.9 Å². The molecule has 172 valence electrons. The van der Waals surface area contributed by atoms with Crippen LogP contribution in [0.15, 0.2) is 65.6 Å². The third kappa shape index (κ3) is 4.07. The van der Waals surface area contributed by atoms with Crippen LogP contribution < -0.4 is 10.9 Å². The van der Waals surface area contributed by atoms with Crippen molar-refractivity contribution in [2.24, 2.45) is 0 Å². The van der Waals surface area contributed by atoms with Gasteiger partial charge in [0.25, 0.3) is 5.56 Å². The lowest BCUT2D eigenvalue weighted by atomic mass is 10.2. The maximum absolute atomic E-state index is 13.4. The highest BCUT2D eigenvalue weighted by atomic mass is 16.5. The molecule has 1 aliphatic carbocycles. The lowest BCUT2D eigenvalue weighted by Gasteiger charge is -2.12. The Labute approximate surface area is 195 Å². The molecule has 0 aliphatic heterocycles. The van der Waals surface area contributed by atoms with Crippen LogP contribution in [0.2, 0.25) is 0 Å². The first kappa shape index (κ1) is 21.6. The van der Waals surface area contributed by atoms with E-state index in [1.165, 1.54) is 4.68 Å². The normalized spacial score (nSPS) is 13.1. The molecule has 0 bridgehead atoms. The van der Waals surface area contributed by atoms with Crippen LogP contribution in [0.25, 0.3) is 16.6 Å². The van der Waals surface area contributed by atoms with Crippen LogP contribution in [0.4, 0.5) is 5.69 Å². The Morgan fingerprint density at radius 2 is 1.82 bits per heavy atom. The van der Waals surface area contributed by atoms with E-state index in [0.29, 0.717) is 16.6 Å². The van der Waals surface area contributed by atoms with E-state index in [2.05, 4.69) is 15.5 Å². The molecule has 1 saturated carbocycles. The Morgan fingerprint density at radius 3 is 2.56 bits per heavy atom. The Morgan fingerprint density at radius 1 is 1.09 bits per heavy atom. The first-order chi connectivity index (χ1) is 16.6. The third-order valence-electron chi connectivity index (χ3n) is 5.67. The molecule has 9 nitrogen and oxygen atoms in total. The van der Waals surface area contributed by atoms with E-state index in [-0.39, 0.29) is 24.6 Å². The molecular weight excluding hydrogens is 434 g/mol. The molecule has 1 aliphatic rings. The van der Waals surface area contributed by atoms with Crippen molar-refractivity contribution in [2.45, 2.75) is 32.2 Å². The molecule has 1 amide bonds. The number of para-hydroxylation sites is 2. The van der Waals surface area contributed by atoms with Crippen molar-refractivity contribution in [3.8, 4) is 5.69 Å². The van der Waals surface area contributed by atoms with Crippen molar-refractivity contribution in [3.05, 3.63) is 82.4 Å². The molecule has 5 rings (SSSR count). The van der Waals surface area contributed by atoms with Crippen LogP contribution in [0.1, 0.15) is 41.7 Å². The zero-order valence-electron chi connectivity index (χ0n) is 18.6. The minimum Gasteiger partial charge on any atom is -0.462 e. The largest absolute Gasteiger partial charge is 0.462 e. The van der Waals surface area contributed by atoms with Crippen molar-refractivity contribution < 1.29 is 14.3 Å². The summed E-state index contributed by atoms with van der Waals surface area (Å²) < 4.78 is 7.84. The number of amides is 1. The molecule has 0 saturated heterocycles. The first-order valence-electron chi connectivity index (χ1n) is 11.2. The summed E-state index contributed by atoms with van der Waals surface area (Å²) in [6, 6.07) is 16.0. The van der Waals surface area contributed by atoms with Gasteiger partial charge in [-0.3, -0.25) is 9.59 Å². The minimum atomic E-state index is -0.530. The van der Waals surface area contributed by atoms with Gasteiger partial charge in [0.2, 0.25) is 5.91 Å². The second-order valence-electron chi connectivity index (χ2n) is 8.09. The van der Waals surface area contributed by atoms with Crippen molar-refractivity contribution in [1.82, 2.24) is 19.6 Å². The number of rotatable bonds is 7. The van der Waals surface area contributed by atoms with Gasteiger partial charge < -0.3 is 10.1 Å². The van der Waals surface area contributed by atoms with Crippen LogP contribution in [0.3, 0.4) is 0 Å². The number of carbonyl (C=O) groups is 2. The van der Waals surface area contributed by atoms with Crippen molar-refractivity contribution in [3.63, 3.8) is 0 Å². The van der Waals surface area contributed by atoms with E-state index >= 15 is 0 Å². The van der Waals surface area contributed by atoms with Crippen LogP contribution in [-0.4, -0.2) is 38.0 Å². The number of anilines is 1. The summed E-state index contributed by atoms with van der Waals surface area (Å²) in [6.45, 7) is 1.63. The number of benzene rings is 2. The van der Waals surface area contributed by atoms with Crippen LogP contribution >= 0.6 is 0 Å². The average molecular weight is 457 g/mol. The van der Waals surface area contributed by atoms with E-state index in [0.717, 1.165) is 24.2 Å².